The number of piperazine rings is 1. The standard InChI is InChI=1S/C20H34ClN5/c1-3-22-20(24-12-10-18-6-8-19(21)9-7-18)23-11-4-5-13-26-16-14-25(2)15-17-26/h6-9H,3-5,10-17H2,1-2H3,(H2,22,23,24). The Kier molecular flexibility index (Phi) is 9.82. The number of halogens is 1. The van der Waals surface area contributed by atoms with Crippen molar-refractivity contribution < 1.29 is 0 Å². The van der Waals surface area contributed by atoms with Gasteiger partial charge in [0.15, 0.2) is 5.96 Å². The lowest BCUT2D eigenvalue weighted by Gasteiger charge is -2.32. The van der Waals surface area contributed by atoms with Gasteiger partial charge in [0.2, 0.25) is 0 Å². The lowest BCUT2D eigenvalue weighted by molar-refractivity contribution is 0.152. The molecule has 1 saturated heterocycles. The van der Waals surface area contributed by atoms with Gasteiger partial charge >= 0.3 is 0 Å². The first-order chi connectivity index (χ1) is 12.7. The molecule has 1 heterocycles. The number of unbranched alkanes of at least 4 members (excludes halogenated alkanes) is 1. The van der Waals surface area contributed by atoms with Crippen LogP contribution in [0.2, 0.25) is 5.02 Å². The summed E-state index contributed by atoms with van der Waals surface area (Å²) in [5.41, 5.74) is 1.28. The third kappa shape index (κ3) is 8.39. The fourth-order valence-electron chi connectivity index (χ4n) is 3.03. The molecule has 6 heteroatoms. The van der Waals surface area contributed by atoms with Crippen LogP contribution >= 0.6 is 11.6 Å². The quantitative estimate of drug-likeness (QED) is 0.393. The van der Waals surface area contributed by atoms with Crippen LogP contribution < -0.4 is 10.6 Å². The third-order valence-corrected chi connectivity index (χ3v) is 4.96. The van der Waals surface area contributed by atoms with E-state index in [0.717, 1.165) is 43.5 Å². The van der Waals surface area contributed by atoms with E-state index in [2.05, 4.69) is 46.5 Å². The van der Waals surface area contributed by atoms with Gasteiger partial charge in [0.1, 0.15) is 0 Å². The van der Waals surface area contributed by atoms with Crippen molar-refractivity contribution in [1.82, 2.24) is 20.4 Å². The van der Waals surface area contributed by atoms with Crippen molar-refractivity contribution in [3.8, 4) is 0 Å². The Balaban J connectivity index is 1.61. The monoisotopic (exact) mass is 379 g/mol. The van der Waals surface area contributed by atoms with Crippen molar-refractivity contribution in [1.29, 1.82) is 0 Å². The number of hydrogen-bond acceptors (Lipinski definition) is 3. The minimum absolute atomic E-state index is 0.785. The molecule has 2 N–H and O–H groups in total. The zero-order valence-electron chi connectivity index (χ0n) is 16.3. The molecule has 0 radical (unpaired) electrons. The highest BCUT2D eigenvalue weighted by Crippen LogP contribution is 2.09. The molecule has 1 aromatic rings. The first-order valence-corrected chi connectivity index (χ1v) is 10.2. The van der Waals surface area contributed by atoms with Crippen LogP contribution in [0.3, 0.4) is 0 Å². The maximum absolute atomic E-state index is 5.93. The molecule has 0 spiro atoms. The average molecular weight is 380 g/mol. The van der Waals surface area contributed by atoms with E-state index in [1.807, 2.05) is 12.1 Å². The molecule has 0 saturated carbocycles. The van der Waals surface area contributed by atoms with Gasteiger partial charge in [-0.2, -0.15) is 0 Å². The van der Waals surface area contributed by atoms with Crippen molar-refractivity contribution in [2.24, 2.45) is 4.99 Å². The van der Waals surface area contributed by atoms with E-state index in [1.54, 1.807) is 0 Å². The van der Waals surface area contributed by atoms with Crippen LogP contribution in [0.4, 0.5) is 0 Å². The highest BCUT2D eigenvalue weighted by molar-refractivity contribution is 6.30. The number of guanidine groups is 1. The lowest BCUT2D eigenvalue weighted by Crippen LogP contribution is -2.44. The number of nitrogens with one attached hydrogen (secondary N) is 2. The van der Waals surface area contributed by atoms with Crippen LogP contribution in [-0.4, -0.2) is 75.2 Å². The highest BCUT2D eigenvalue weighted by Gasteiger charge is 2.12. The summed E-state index contributed by atoms with van der Waals surface area (Å²) in [5, 5.41) is 7.53. The molecule has 26 heavy (non-hydrogen) atoms. The molecule has 0 atom stereocenters. The molecule has 0 unspecified atom stereocenters. The largest absolute Gasteiger partial charge is 0.357 e. The second kappa shape index (κ2) is 12.2. The second-order valence-electron chi connectivity index (χ2n) is 6.92. The SMILES string of the molecule is CCNC(=NCCCCN1CCN(C)CC1)NCCc1ccc(Cl)cc1. The Morgan fingerprint density at radius 3 is 2.50 bits per heavy atom. The fraction of sp³-hybridized carbons (Fsp3) is 0.650. The molecular weight excluding hydrogens is 346 g/mol. The van der Waals surface area contributed by atoms with Crippen LogP contribution in [0.1, 0.15) is 25.3 Å². The Hall–Kier alpha value is -1.30. The summed E-state index contributed by atoms with van der Waals surface area (Å²) in [4.78, 5) is 9.67. The van der Waals surface area contributed by atoms with Gasteiger partial charge in [0, 0.05) is 50.8 Å². The first-order valence-electron chi connectivity index (χ1n) is 9.85. The predicted molar refractivity (Wildman–Crippen MR) is 112 cm³/mol. The van der Waals surface area contributed by atoms with Crippen molar-refractivity contribution in [3.05, 3.63) is 34.9 Å². The van der Waals surface area contributed by atoms with Gasteiger partial charge in [-0.15, -0.1) is 0 Å². The third-order valence-electron chi connectivity index (χ3n) is 4.71. The molecule has 5 nitrogen and oxygen atoms in total. The second-order valence-corrected chi connectivity index (χ2v) is 7.35. The van der Waals surface area contributed by atoms with Crippen LogP contribution in [0.25, 0.3) is 0 Å². The number of benzene rings is 1. The summed E-state index contributed by atoms with van der Waals surface area (Å²) < 4.78 is 0. The summed E-state index contributed by atoms with van der Waals surface area (Å²) in [6.45, 7) is 10.7. The van der Waals surface area contributed by atoms with Crippen molar-refractivity contribution in [3.63, 3.8) is 0 Å². The van der Waals surface area contributed by atoms with E-state index in [9.17, 15) is 0 Å². The maximum atomic E-state index is 5.93. The molecule has 146 valence electrons. The molecule has 1 aliphatic heterocycles. The first kappa shape index (κ1) is 21.0. The molecule has 0 aromatic heterocycles. The van der Waals surface area contributed by atoms with Crippen molar-refractivity contribution in [2.45, 2.75) is 26.2 Å². The number of nitrogens with zero attached hydrogens (tertiary/aromatic N) is 3. The summed E-state index contributed by atoms with van der Waals surface area (Å²) in [6, 6.07) is 8.03. The minimum atomic E-state index is 0.785. The zero-order valence-corrected chi connectivity index (χ0v) is 17.1. The lowest BCUT2D eigenvalue weighted by atomic mass is 10.1. The van der Waals surface area contributed by atoms with Gasteiger partial charge in [0.25, 0.3) is 0 Å². The topological polar surface area (TPSA) is 42.9 Å². The number of rotatable bonds is 9. The number of hydrogen-bond donors (Lipinski definition) is 2. The Morgan fingerprint density at radius 1 is 1.08 bits per heavy atom. The maximum Gasteiger partial charge on any atom is 0.191 e. The number of likely N-dealkylation sites (N-methyl/N-ethyl adjacent to an activating group) is 1. The Labute approximate surface area is 163 Å². The fourth-order valence-corrected chi connectivity index (χ4v) is 3.15. The predicted octanol–water partition coefficient (Wildman–Crippen LogP) is 2.47. The molecule has 1 fully saturated rings. The highest BCUT2D eigenvalue weighted by atomic mass is 35.5. The van der Waals surface area contributed by atoms with Crippen molar-refractivity contribution >= 4 is 17.6 Å². The van der Waals surface area contributed by atoms with Gasteiger partial charge in [-0.25, -0.2) is 0 Å². The van der Waals surface area contributed by atoms with Crippen LogP contribution in [-0.2, 0) is 6.42 Å². The Bertz CT molecular complexity index is 524. The average Bonchev–Trinajstić information content (AvgIpc) is 2.64. The van der Waals surface area contributed by atoms with E-state index < -0.39 is 0 Å². The molecule has 1 aromatic carbocycles. The van der Waals surface area contributed by atoms with E-state index in [4.69, 9.17) is 16.6 Å². The molecule has 0 bridgehead atoms. The van der Waals surface area contributed by atoms with E-state index in [-0.39, 0.29) is 0 Å². The van der Waals surface area contributed by atoms with Crippen LogP contribution in [0.5, 0.6) is 0 Å². The van der Waals surface area contributed by atoms with Crippen LogP contribution in [0.15, 0.2) is 29.3 Å². The molecule has 0 aliphatic carbocycles. The van der Waals surface area contributed by atoms with Gasteiger partial charge in [0.05, 0.1) is 0 Å². The van der Waals surface area contributed by atoms with Crippen LogP contribution in [0, 0.1) is 0 Å². The zero-order chi connectivity index (χ0) is 18.6. The summed E-state index contributed by atoms with van der Waals surface area (Å²) >= 11 is 5.93. The van der Waals surface area contributed by atoms with Crippen molar-refractivity contribution in [2.75, 3.05) is 59.4 Å². The normalized spacial score (nSPS) is 16.7. The molecule has 0 amide bonds. The molecular formula is C20H34ClN5. The smallest absolute Gasteiger partial charge is 0.191 e. The Morgan fingerprint density at radius 2 is 1.81 bits per heavy atom. The van der Waals surface area contributed by atoms with E-state index in [1.165, 1.54) is 44.7 Å². The summed E-state index contributed by atoms with van der Waals surface area (Å²) in [7, 11) is 2.20. The molecule has 2 rings (SSSR count). The van der Waals surface area contributed by atoms with Gasteiger partial charge in [-0.05, 0) is 57.5 Å². The number of aliphatic imine (C=N–C) groups is 1. The van der Waals surface area contributed by atoms with E-state index in [0.29, 0.717) is 0 Å². The summed E-state index contributed by atoms with van der Waals surface area (Å²) in [6.07, 6.45) is 3.32. The summed E-state index contributed by atoms with van der Waals surface area (Å²) in [5.74, 6) is 0.918. The molecule has 1 aliphatic rings. The van der Waals surface area contributed by atoms with Gasteiger partial charge < -0.3 is 20.4 Å². The van der Waals surface area contributed by atoms with Gasteiger partial charge in [-0.3, -0.25) is 4.99 Å². The van der Waals surface area contributed by atoms with Gasteiger partial charge in [-0.1, -0.05) is 23.7 Å². The minimum Gasteiger partial charge on any atom is -0.357 e. The van der Waals surface area contributed by atoms with E-state index >= 15 is 0 Å².